The van der Waals surface area contributed by atoms with Crippen LogP contribution in [0.15, 0.2) is 53.7 Å². The number of nitrogens with two attached hydrogens (primary N) is 1. The fourth-order valence-corrected chi connectivity index (χ4v) is 1.84. The first-order valence-electron chi connectivity index (χ1n) is 6.14. The van der Waals surface area contributed by atoms with Crippen molar-refractivity contribution in [1.82, 2.24) is 0 Å². The number of rotatable bonds is 3. The third-order valence-corrected chi connectivity index (χ3v) is 3.04. The van der Waals surface area contributed by atoms with Crippen molar-refractivity contribution in [3.8, 4) is 0 Å². The molecule has 0 aromatic heterocycles. The number of nitrogens with zero attached hydrogens (tertiary/aromatic N) is 2. The Bertz CT molecular complexity index is 684. The molecule has 2 rings (SSSR count). The predicted octanol–water partition coefficient (Wildman–Crippen LogP) is 2.20. The standard InChI is InChI=1S/C15H14FN3O2/c1-19(13-4-2-3-12(16)9-13)15(20)11-7-5-10(6-8-11)14(17)18-21/h2-9,21H,1H3,(H2,17,18). The number of hydrogen-bond donors (Lipinski definition) is 2. The maximum Gasteiger partial charge on any atom is 0.258 e. The Morgan fingerprint density at radius 2 is 1.81 bits per heavy atom. The van der Waals surface area contributed by atoms with Gasteiger partial charge in [0.15, 0.2) is 5.84 Å². The molecule has 0 radical (unpaired) electrons. The van der Waals surface area contributed by atoms with Gasteiger partial charge in [-0.05, 0) is 30.3 Å². The second-order valence-electron chi connectivity index (χ2n) is 4.41. The van der Waals surface area contributed by atoms with Crippen molar-refractivity contribution in [3.05, 3.63) is 65.5 Å². The van der Waals surface area contributed by atoms with Crippen molar-refractivity contribution >= 4 is 17.4 Å². The highest BCUT2D eigenvalue weighted by molar-refractivity contribution is 6.06. The van der Waals surface area contributed by atoms with Gasteiger partial charge in [-0.1, -0.05) is 23.4 Å². The molecule has 5 nitrogen and oxygen atoms in total. The molecule has 0 saturated carbocycles. The zero-order valence-electron chi connectivity index (χ0n) is 11.3. The second kappa shape index (κ2) is 6.04. The lowest BCUT2D eigenvalue weighted by Crippen LogP contribution is -2.26. The van der Waals surface area contributed by atoms with Crippen LogP contribution in [0, 0.1) is 5.82 Å². The molecular formula is C15H14FN3O2. The first-order chi connectivity index (χ1) is 10.0. The van der Waals surface area contributed by atoms with Crippen LogP contribution in [-0.2, 0) is 0 Å². The summed E-state index contributed by atoms with van der Waals surface area (Å²) in [5.74, 6) is -0.728. The molecule has 0 bridgehead atoms. The van der Waals surface area contributed by atoms with Gasteiger partial charge in [0, 0.05) is 23.9 Å². The molecule has 21 heavy (non-hydrogen) atoms. The zero-order valence-corrected chi connectivity index (χ0v) is 11.3. The van der Waals surface area contributed by atoms with Gasteiger partial charge in [-0.25, -0.2) is 4.39 Å². The highest BCUT2D eigenvalue weighted by Gasteiger charge is 2.14. The number of carbonyl (C=O) groups excluding carboxylic acids is 1. The summed E-state index contributed by atoms with van der Waals surface area (Å²) in [6, 6.07) is 12.0. The summed E-state index contributed by atoms with van der Waals surface area (Å²) in [4.78, 5) is 13.6. The van der Waals surface area contributed by atoms with Crippen LogP contribution in [0.1, 0.15) is 15.9 Å². The Balaban J connectivity index is 2.23. The van der Waals surface area contributed by atoms with Crippen molar-refractivity contribution in [2.45, 2.75) is 0 Å². The lowest BCUT2D eigenvalue weighted by Gasteiger charge is -2.17. The molecule has 0 spiro atoms. The summed E-state index contributed by atoms with van der Waals surface area (Å²) in [7, 11) is 1.56. The number of halogens is 1. The van der Waals surface area contributed by atoms with Crippen LogP contribution in [0.3, 0.4) is 0 Å². The van der Waals surface area contributed by atoms with Crippen LogP contribution in [0.5, 0.6) is 0 Å². The molecule has 2 aromatic carbocycles. The molecule has 3 N–H and O–H groups in total. The summed E-state index contributed by atoms with van der Waals surface area (Å²) in [6.07, 6.45) is 0. The summed E-state index contributed by atoms with van der Waals surface area (Å²) in [5, 5.41) is 11.5. The van der Waals surface area contributed by atoms with Gasteiger partial charge in [-0.15, -0.1) is 0 Å². The first-order valence-corrected chi connectivity index (χ1v) is 6.14. The number of oxime groups is 1. The van der Waals surface area contributed by atoms with E-state index < -0.39 is 5.82 Å². The van der Waals surface area contributed by atoms with E-state index in [2.05, 4.69) is 5.16 Å². The molecule has 6 heteroatoms. The fraction of sp³-hybridized carbons (Fsp3) is 0.0667. The number of amidine groups is 1. The summed E-state index contributed by atoms with van der Waals surface area (Å²) >= 11 is 0. The monoisotopic (exact) mass is 287 g/mol. The Kier molecular flexibility index (Phi) is 4.18. The lowest BCUT2D eigenvalue weighted by atomic mass is 10.1. The Morgan fingerprint density at radius 1 is 1.19 bits per heavy atom. The quantitative estimate of drug-likeness (QED) is 0.393. The molecular weight excluding hydrogens is 273 g/mol. The molecule has 0 heterocycles. The largest absolute Gasteiger partial charge is 0.409 e. The van der Waals surface area contributed by atoms with Crippen molar-refractivity contribution < 1.29 is 14.4 Å². The van der Waals surface area contributed by atoms with E-state index >= 15 is 0 Å². The zero-order chi connectivity index (χ0) is 15.4. The van der Waals surface area contributed by atoms with Crippen LogP contribution in [-0.4, -0.2) is 24.0 Å². The van der Waals surface area contributed by atoms with Gasteiger partial charge in [-0.3, -0.25) is 4.79 Å². The molecule has 0 aliphatic carbocycles. The summed E-state index contributed by atoms with van der Waals surface area (Å²) < 4.78 is 13.2. The van der Waals surface area contributed by atoms with Crippen molar-refractivity contribution in [2.75, 3.05) is 11.9 Å². The third-order valence-electron chi connectivity index (χ3n) is 3.04. The van der Waals surface area contributed by atoms with Crippen LogP contribution in [0.4, 0.5) is 10.1 Å². The third kappa shape index (κ3) is 3.17. The van der Waals surface area contributed by atoms with Gasteiger partial charge < -0.3 is 15.8 Å². The first kappa shape index (κ1) is 14.5. The van der Waals surface area contributed by atoms with Gasteiger partial charge in [0.1, 0.15) is 5.82 Å². The molecule has 2 aromatic rings. The van der Waals surface area contributed by atoms with E-state index in [0.717, 1.165) is 0 Å². The normalized spacial score (nSPS) is 11.2. The highest BCUT2D eigenvalue weighted by atomic mass is 19.1. The van der Waals surface area contributed by atoms with E-state index in [1.165, 1.54) is 23.1 Å². The van der Waals surface area contributed by atoms with Gasteiger partial charge in [0.2, 0.25) is 0 Å². The number of benzene rings is 2. The maximum absolute atomic E-state index is 13.2. The van der Waals surface area contributed by atoms with E-state index in [1.807, 2.05) is 0 Å². The minimum absolute atomic E-state index is 0.0347. The Hall–Kier alpha value is -2.89. The van der Waals surface area contributed by atoms with E-state index in [1.54, 1.807) is 37.4 Å². The number of amides is 1. The smallest absolute Gasteiger partial charge is 0.258 e. The minimum atomic E-state index is -0.408. The molecule has 0 unspecified atom stereocenters. The predicted molar refractivity (Wildman–Crippen MR) is 78.1 cm³/mol. The summed E-state index contributed by atoms with van der Waals surface area (Å²) in [5.41, 5.74) is 6.83. The maximum atomic E-state index is 13.2. The lowest BCUT2D eigenvalue weighted by molar-refractivity contribution is 0.0993. The average molecular weight is 287 g/mol. The van der Waals surface area contributed by atoms with Gasteiger partial charge in [0.05, 0.1) is 0 Å². The van der Waals surface area contributed by atoms with Crippen molar-refractivity contribution in [1.29, 1.82) is 0 Å². The molecule has 1 amide bonds. The van der Waals surface area contributed by atoms with Crippen molar-refractivity contribution in [2.24, 2.45) is 10.9 Å². The fourth-order valence-electron chi connectivity index (χ4n) is 1.84. The summed E-state index contributed by atoms with van der Waals surface area (Å²) in [6.45, 7) is 0. The van der Waals surface area contributed by atoms with Gasteiger partial charge in [0.25, 0.3) is 5.91 Å². The molecule has 0 atom stereocenters. The minimum Gasteiger partial charge on any atom is -0.409 e. The van der Waals surface area contributed by atoms with E-state index in [-0.39, 0.29) is 11.7 Å². The van der Waals surface area contributed by atoms with Crippen LogP contribution < -0.4 is 10.6 Å². The molecule has 0 fully saturated rings. The van der Waals surface area contributed by atoms with Crippen molar-refractivity contribution in [3.63, 3.8) is 0 Å². The average Bonchev–Trinajstić information content (AvgIpc) is 2.53. The molecule has 0 aliphatic heterocycles. The van der Waals surface area contributed by atoms with Gasteiger partial charge >= 0.3 is 0 Å². The van der Waals surface area contributed by atoms with E-state index in [4.69, 9.17) is 10.9 Å². The Morgan fingerprint density at radius 3 is 2.38 bits per heavy atom. The second-order valence-corrected chi connectivity index (χ2v) is 4.41. The topological polar surface area (TPSA) is 78.9 Å². The highest BCUT2D eigenvalue weighted by Crippen LogP contribution is 2.17. The molecule has 108 valence electrons. The molecule has 0 aliphatic rings. The number of carbonyl (C=O) groups is 1. The van der Waals surface area contributed by atoms with Crippen LogP contribution in [0.25, 0.3) is 0 Å². The number of hydrogen-bond acceptors (Lipinski definition) is 3. The van der Waals surface area contributed by atoms with Crippen LogP contribution >= 0.6 is 0 Å². The van der Waals surface area contributed by atoms with Gasteiger partial charge in [-0.2, -0.15) is 0 Å². The van der Waals surface area contributed by atoms with E-state index in [0.29, 0.717) is 16.8 Å². The SMILES string of the molecule is CN(C(=O)c1ccc(C(N)=NO)cc1)c1cccc(F)c1. The molecule has 0 saturated heterocycles. The Labute approximate surface area is 121 Å². The van der Waals surface area contributed by atoms with E-state index in [9.17, 15) is 9.18 Å². The number of anilines is 1. The van der Waals surface area contributed by atoms with Crippen LogP contribution in [0.2, 0.25) is 0 Å².